The van der Waals surface area contributed by atoms with Crippen LogP contribution >= 0.6 is 0 Å². The van der Waals surface area contributed by atoms with Crippen molar-refractivity contribution in [3.63, 3.8) is 0 Å². The molecule has 0 saturated heterocycles. The molecule has 1 aliphatic carbocycles. The number of carbonyl (C=O) groups is 1. The summed E-state index contributed by atoms with van der Waals surface area (Å²) in [6.45, 7) is 0.446. The summed E-state index contributed by atoms with van der Waals surface area (Å²) in [5.74, 6) is -0.171. The molecule has 0 bridgehead atoms. The van der Waals surface area contributed by atoms with Crippen LogP contribution < -0.4 is 5.32 Å². The first-order chi connectivity index (χ1) is 8.58. The van der Waals surface area contributed by atoms with Gasteiger partial charge >= 0.3 is 0 Å². The second-order valence-electron chi connectivity index (χ2n) is 4.48. The quantitative estimate of drug-likeness (QED) is 0.618. The first-order valence-corrected chi connectivity index (χ1v) is 5.77. The summed E-state index contributed by atoms with van der Waals surface area (Å²) in [7, 11) is 0. The van der Waals surface area contributed by atoms with E-state index in [-0.39, 0.29) is 23.3 Å². The predicted molar refractivity (Wildman–Crippen MR) is 64.2 cm³/mol. The molecule has 1 amide bonds. The molecule has 6 nitrogen and oxygen atoms in total. The van der Waals surface area contributed by atoms with Crippen molar-refractivity contribution in [3.8, 4) is 0 Å². The fourth-order valence-corrected chi connectivity index (χ4v) is 2.02. The summed E-state index contributed by atoms with van der Waals surface area (Å²) < 4.78 is 0. The standard InChI is InChI=1S/C12H14N2O4/c15-9-5-8(6-9)7-13-12(16)10-3-1-2-4-11(10)14(17)18/h1-4,8-9,15H,5-7H2,(H,13,16). The minimum atomic E-state index is -0.567. The maximum atomic E-state index is 11.8. The number of rotatable bonds is 4. The fourth-order valence-electron chi connectivity index (χ4n) is 2.02. The number of carbonyl (C=O) groups excluding carboxylic acids is 1. The minimum Gasteiger partial charge on any atom is -0.393 e. The normalized spacial score (nSPS) is 22.1. The van der Waals surface area contributed by atoms with Gasteiger partial charge in [0.05, 0.1) is 11.0 Å². The second kappa shape index (κ2) is 5.14. The Kier molecular flexibility index (Phi) is 3.57. The van der Waals surface area contributed by atoms with E-state index in [4.69, 9.17) is 5.11 Å². The molecular weight excluding hydrogens is 236 g/mol. The second-order valence-corrected chi connectivity index (χ2v) is 4.48. The Bertz CT molecular complexity index is 469. The zero-order valence-corrected chi connectivity index (χ0v) is 9.70. The Morgan fingerprint density at radius 1 is 1.44 bits per heavy atom. The Hall–Kier alpha value is -1.95. The maximum Gasteiger partial charge on any atom is 0.282 e. The zero-order valence-electron chi connectivity index (χ0n) is 9.70. The smallest absolute Gasteiger partial charge is 0.282 e. The summed E-state index contributed by atoms with van der Waals surface area (Å²) in [6, 6.07) is 5.86. The van der Waals surface area contributed by atoms with Crippen LogP contribution in [-0.4, -0.2) is 28.6 Å². The summed E-state index contributed by atoms with van der Waals surface area (Å²) in [6.07, 6.45) is 1.09. The van der Waals surface area contributed by atoms with E-state index < -0.39 is 10.8 Å². The van der Waals surface area contributed by atoms with Crippen molar-refractivity contribution < 1.29 is 14.8 Å². The number of aliphatic hydroxyl groups is 1. The number of aliphatic hydroxyl groups excluding tert-OH is 1. The molecule has 2 N–H and O–H groups in total. The molecular formula is C12H14N2O4. The highest BCUT2D eigenvalue weighted by molar-refractivity contribution is 5.98. The van der Waals surface area contributed by atoms with Crippen LogP contribution in [0.2, 0.25) is 0 Å². The number of nitro groups is 1. The Labute approximate surface area is 104 Å². The third kappa shape index (κ3) is 2.65. The minimum absolute atomic E-state index is 0.0716. The molecule has 0 atom stereocenters. The lowest BCUT2D eigenvalue weighted by Crippen LogP contribution is -2.38. The zero-order chi connectivity index (χ0) is 13.1. The molecule has 0 radical (unpaired) electrons. The summed E-state index contributed by atoms with van der Waals surface area (Å²) in [4.78, 5) is 22.0. The van der Waals surface area contributed by atoms with Crippen LogP contribution in [0.15, 0.2) is 24.3 Å². The molecule has 1 saturated carbocycles. The summed E-state index contributed by atoms with van der Waals surface area (Å²) in [5.41, 5.74) is -0.119. The third-order valence-electron chi connectivity index (χ3n) is 3.11. The summed E-state index contributed by atoms with van der Waals surface area (Å²) >= 11 is 0. The van der Waals surface area contributed by atoms with Gasteiger partial charge in [-0.1, -0.05) is 12.1 Å². The van der Waals surface area contributed by atoms with Gasteiger partial charge in [0, 0.05) is 12.6 Å². The van der Waals surface area contributed by atoms with E-state index >= 15 is 0 Å². The van der Waals surface area contributed by atoms with Gasteiger partial charge in [-0.25, -0.2) is 0 Å². The van der Waals surface area contributed by atoms with Crippen molar-refractivity contribution in [2.24, 2.45) is 5.92 Å². The number of hydrogen-bond acceptors (Lipinski definition) is 4. The van der Waals surface area contributed by atoms with E-state index in [2.05, 4.69) is 5.32 Å². The topological polar surface area (TPSA) is 92.5 Å². The van der Waals surface area contributed by atoms with Crippen LogP contribution in [0, 0.1) is 16.0 Å². The fraction of sp³-hybridized carbons (Fsp3) is 0.417. The third-order valence-corrected chi connectivity index (χ3v) is 3.11. The molecule has 6 heteroatoms. The molecule has 0 aliphatic heterocycles. The molecule has 1 aromatic carbocycles. The van der Waals surface area contributed by atoms with Crippen molar-refractivity contribution in [3.05, 3.63) is 39.9 Å². The SMILES string of the molecule is O=C(NCC1CC(O)C1)c1ccccc1[N+](=O)[O-]. The van der Waals surface area contributed by atoms with Crippen molar-refractivity contribution in [2.45, 2.75) is 18.9 Å². The highest BCUT2D eigenvalue weighted by Crippen LogP contribution is 2.26. The van der Waals surface area contributed by atoms with E-state index in [1.165, 1.54) is 18.2 Å². The van der Waals surface area contributed by atoms with Crippen LogP contribution in [0.4, 0.5) is 5.69 Å². The number of nitrogens with one attached hydrogen (secondary N) is 1. The number of nitro benzene ring substituents is 1. The Balaban J connectivity index is 1.98. The van der Waals surface area contributed by atoms with Crippen molar-refractivity contribution in [2.75, 3.05) is 6.54 Å². The lowest BCUT2D eigenvalue weighted by atomic mass is 9.82. The van der Waals surface area contributed by atoms with Gasteiger partial charge in [-0.05, 0) is 24.8 Å². The molecule has 96 valence electrons. The average molecular weight is 250 g/mol. The molecule has 0 heterocycles. The van der Waals surface area contributed by atoms with Gasteiger partial charge in [-0.3, -0.25) is 14.9 Å². The van der Waals surface area contributed by atoms with Crippen LogP contribution in [0.25, 0.3) is 0 Å². The number of hydrogen-bond donors (Lipinski definition) is 2. The first kappa shape index (κ1) is 12.5. The van der Waals surface area contributed by atoms with Gasteiger partial charge in [-0.2, -0.15) is 0 Å². The molecule has 0 spiro atoms. The molecule has 1 aliphatic rings. The number of benzene rings is 1. The van der Waals surface area contributed by atoms with Gasteiger partial charge in [0.25, 0.3) is 11.6 Å². The molecule has 2 rings (SSSR count). The van der Waals surface area contributed by atoms with Crippen molar-refractivity contribution in [1.82, 2.24) is 5.32 Å². The highest BCUT2D eigenvalue weighted by Gasteiger charge is 2.28. The molecule has 1 aromatic rings. The van der Waals surface area contributed by atoms with Crippen LogP contribution in [0.3, 0.4) is 0 Å². The van der Waals surface area contributed by atoms with Crippen molar-refractivity contribution in [1.29, 1.82) is 0 Å². The van der Waals surface area contributed by atoms with E-state index in [9.17, 15) is 14.9 Å². The number of para-hydroxylation sites is 1. The lowest BCUT2D eigenvalue weighted by Gasteiger charge is -2.31. The molecule has 1 fully saturated rings. The van der Waals surface area contributed by atoms with E-state index in [1.54, 1.807) is 6.07 Å². The highest BCUT2D eigenvalue weighted by atomic mass is 16.6. The van der Waals surface area contributed by atoms with Gasteiger partial charge in [0.2, 0.25) is 0 Å². The van der Waals surface area contributed by atoms with Gasteiger partial charge < -0.3 is 10.4 Å². The molecule has 0 unspecified atom stereocenters. The van der Waals surface area contributed by atoms with Crippen molar-refractivity contribution >= 4 is 11.6 Å². The summed E-state index contributed by atoms with van der Waals surface area (Å²) in [5, 5.41) is 22.5. The largest absolute Gasteiger partial charge is 0.393 e. The van der Waals surface area contributed by atoms with E-state index in [0.717, 1.165) is 0 Å². The number of nitrogens with zero attached hydrogens (tertiary/aromatic N) is 1. The van der Waals surface area contributed by atoms with Gasteiger partial charge in [0.1, 0.15) is 5.56 Å². The Morgan fingerprint density at radius 3 is 2.72 bits per heavy atom. The van der Waals surface area contributed by atoms with Crippen LogP contribution in [0.5, 0.6) is 0 Å². The first-order valence-electron chi connectivity index (χ1n) is 5.77. The van der Waals surface area contributed by atoms with Gasteiger partial charge in [0.15, 0.2) is 0 Å². The predicted octanol–water partition coefficient (Wildman–Crippen LogP) is 1.10. The van der Waals surface area contributed by atoms with E-state index in [0.29, 0.717) is 19.4 Å². The Morgan fingerprint density at radius 2 is 2.11 bits per heavy atom. The van der Waals surface area contributed by atoms with Gasteiger partial charge in [-0.15, -0.1) is 0 Å². The molecule has 0 aromatic heterocycles. The van der Waals surface area contributed by atoms with E-state index in [1.807, 2.05) is 0 Å². The lowest BCUT2D eigenvalue weighted by molar-refractivity contribution is -0.385. The van der Waals surface area contributed by atoms with Crippen LogP contribution in [0.1, 0.15) is 23.2 Å². The van der Waals surface area contributed by atoms with Crippen LogP contribution in [-0.2, 0) is 0 Å². The average Bonchev–Trinajstić information content (AvgIpc) is 2.32. The monoisotopic (exact) mass is 250 g/mol. The number of amides is 1. The molecule has 18 heavy (non-hydrogen) atoms. The maximum absolute atomic E-state index is 11.8.